The third kappa shape index (κ3) is 1.58. The van der Waals surface area contributed by atoms with Crippen LogP contribution >= 0.6 is 12.2 Å². The zero-order valence-electron chi connectivity index (χ0n) is 7.16. The molecule has 3 nitrogen and oxygen atoms in total. The third-order valence-corrected chi connectivity index (χ3v) is 2.13. The van der Waals surface area contributed by atoms with Crippen molar-refractivity contribution in [3.8, 4) is 5.75 Å². The summed E-state index contributed by atoms with van der Waals surface area (Å²) in [6.45, 7) is 0.512. The predicted octanol–water partition coefficient (Wildman–Crippen LogP) is 1.92. The zero-order chi connectivity index (χ0) is 9.26. The van der Waals surface area contributed by atoms with Gasteiger partial charge in [-0.05, 0) is 30.4 Å². The Bertz CT molecular complexity index is 351. The lowest BCUT2D eigenvalue weighted by atomic mass is 10.1. The van der Waals surface area contributed by atoms with Crippen LogP contribution in [0.2, 0.25) is 0 Å². The zero-order valence-corrected chi connectivity index (χ0v) is 7.98. The molecule has 1 aliphatic rings. The van der Waals surface area contributed by atoms with Gasteiger partial charge in [0.25, 0.3) is 5.17 Å². The van der Waals surface area contributed by atoms with Crippen LogP contribution in [0.5, 0.6) is 5.75 Å². The molecular weight excluding hydrogens is 186 g/mol. The van der Waals surface area contributed by atoms with Crippen LogP contribution in [0.15, 0.2) is 18.2 Å². The summed E-state index contributed by atoms with van der Waals surface area (Å²) in [7, 11) is 1.64. The molecule has 0 aromatic heterocycles. The number of rotatable bonds is 1. The summed E-state index contributed by atoms with van der Waals surface area (Å²) in [6, 6.07) is 5.76. The minimum absolute atomic E-state index is 0.428. The van der Waals surface area contributed by atoms with Gasteiger partial charge in [0.15, 0.2) is 0 Å². The van der Waals surface area contributed by atoms with Gasteiger partial charge in [-0.1, -0.05) is 0 Å². The van der Waals surface area contributed by atoms with E-state index in [0.717, 1.165) is 17.0 Å². The summed E-state index contributed by atoms with van der Waals surface area (Å²) in [5, 5.41) is 3.39. The molecule has 1 aliphatic heterocycles. The number of hydrogen-bond acceptors (Lipinski definition) is 3. The number of benzene rings is 1. The van der Waals surface area contributed by atoms with E-state index in [1.165, 1.54) is 0 Å². The molecule has 0 fully saturated rings. The van der Waals surface area contributed by atoms with E-state index in [1.54, 1.807) is 7.11 Å². The van der Waals surface area contributed by atoms with Gasteiger partial charge in [0.1, 0.15) is 12.4 Å². The van der Waals surface area contributed by atoms with Crippen LogP contribution in [0.3, 0.4) is 0 Å². The molecule has 0 unspecified atom stereocenters. The van der Waals surface area contributed by atoms with E-state index >= 15 is 0 Å². The van der Waals surface area contributed by atoms with Gasteiger partial charge in [-0.15, -0.1) is 0 Å². The Kier molecular flexibility index (Phi) is 2.06. The van der Waals surface area contributed by atoms with Crippen molar-refractivity contribution in [1.29, 1.82) is 0 Å². The maximum atomic E-state index is 5.17. The van der Waals surface area contributed by atoms with Crippen molar-refractivity contribution in [3.05, 3.63) is 23.8 Å². The molecule has 1 N–H and O–H groups in total. The molecule has 13 heavy (non-hydrogen) atoms. The first-order valence-corrected chi connectivity index (χ1v) is 4.31. The van der Waals surface area contributed by atoms with Gasteiger partial charge >= 0.3 is 0 Å². The van der Waals surface area contributed by atoms with Crippen molar-refractivity contribution in [2.45, 2.75) is 6.61 Å². The van der Waals surface area contributed by atoms with Crippen molar-refractivity contribution in [2.24, 2.45) is 0 Å². The lowest BCUT2D eigenvalue weighted by molar-refractivity contribution is 0.293. The molecule has 0 bridgehead atoms. The van der Waals surface area contributed by atoms with Crippen molar-refractivity contribution in [1.82, 2.24) is 0 Å². The Morgan fingerprint density at radius 3 is 3.15 bits per heavy atom. The minimum Gasteiger partial charge on any atom is -0.497 e. The van der Waals surface area contributed by atoms with Crippen molar-refractivity contribution in [2.75, 3.05) is 12.4 Å². The number of methoxy groups -OCH3 is 1. The second-order valence-corrected chi connectivity index (χ2v) is 3.10. The summed E-state index contributed by atoms with van der Waals surface area (Å²) in [5.41, 5.74) is 2.06. The van der Waals surface area contributed by atoms with E-state index in [1.807, 2.05) is 18.2 Å². The van der Waals surface area contributed by atoms with Crippen LogP contribution in [0, 0.1) is 0 Å². The predicted molar refractivity (Wildman–Crippen MR) is 54.0 cm³/mol. The molecule has 0 saturated carbocycles. The van der Waals surface area contributed by atoms with E-state index in [4.69, 9.17) is 21.7 Å². The molecule has 2 rings (SSSR count). The molecule has 0 atom stereocenters. The highest BCUT2D eigenvalue weighted by atomic mass is 32.1. The van der Waals surface area contributed by atoms with Gasteiger partial charge in [-0.3, -0.25) is 0 Å². The summed E-state index contributed by atoms with van der Waals surface area (Å²) in [6.07, 6.45) is 0. The Labute approximate surface area is 81.7 Å². The van der Waals surface area contributed by atoms with Gasteiger partial charge in [-0.25, -0.2) is 0 Å². The molecule has 4 heteroatoms. The second kappa shape index (κ2) is 3.22. The van der Waals surface area contributed by atoms with Crippen LogP contribution < -0.4 is 10.1 Å². The van der Waals surface area contributed by atoms with Crippen molar-refractivity contribution in [3.63, 3.8) is 0 Å². The molecule has 68 valence electrons. The van der Waals surface area contributed by atoms with Crippen LogP contribution in [0.25, 0.3) is 0 Å². The first-order valence-electron chi connectivity index (χ1n) is 3.90. The van der Waals surface area contributed by atoms with E-state index in [-0.39, 0.29) is 0 Å². The number of nitrogens with one attached hydrogen (secondary N) is 1. The molecule has 0 radical (unpaired) electrons. The van der Waals surface area contributed by atoms with Gasteiger partial charge in [0.05, 0.1) is 7.11 Å². The summed E-state index contributed by atoms with van der Waals surface area (Å²) in [5.74, 6) is 0.831. The van der Waals surface area contributed by atoms with Gasteiger partial charge in [0.2, 0.25) is 0 Å². The van der Waals surface area contributed by atoms with Gasteiger partial charge in [-0.2, -0.15) is 0 Å². The van der Waals surface area contributed by atoms with E-state index < -0.39 is 0 Å². The topological polar surface area (TPSA) is 30.5 Å². The molecule has 1 heterocycles. The lowest BCUT2D eigenvalue weighted by Gasteiger charge is -2.19. The summed E-state index contributed by atoms with van der Waals surface area (Å²) < 4.78 is 10.3. The standard InChI is InChI=1S/C9H9NO2S/c1-11-7-2-3-8-6(4-7)5-12-9(13)10-8/h2-4H,5H2,1H3,(H,10,13). The average molecular weight is 195 g/mol. The van der Waals surface area contributed by atoms with Crippen molar-refractivity contribution >= 4 is 23.1 Å². The van der Waals surface area contributed by atoms with Gasteiger partial charge in [0, 0.05) is 11.3 Å². The SMILES string of the molecule is COc1ccc2c(c1)COC(=S)N2. The highest BCUT2D eigenvalue weighted by molar-refractivity contribution is 7.80. The summed E-state index contributed by atoms with van der Waals surface area (Å²) >= 11 is 4.88. The molecule has 1 aromatic rings. The Hall–Kier alpha value is -1.29. The number of hydrogen-bond donors (Lipinski definition) is 1. The van der Waals surface area contributed by atoms with Gasteiger partial charge < -0.3 is 14.8 Å². The molecule has 0 amide bonds. The van der Waals surface area contributed by atoms with Crippen LogP contribution in [-0.4, -0.2) is 12.3 Å². The van der Waals surface area contributed by atoms with Crippen LogP contribution in [-0.2, 0) is 11.3 Å². The minimum atomic E-state index is 0.428. The highest BCUT2D eigenvalue weighted by Gasteiger charge is 2.12. The first-order chi connectivity index (χ1) is 6.29. The largest absolute Gasteiger partial charge is 0.497 e. The normalized spacial score (nSPS) is 14.1. The Balaban J connectivity index is 2.36. The molecule has 0 spiro atoms. The summed E-state index contributed by atoms with van der Waals surface area (Å²) in [4.78, 5) is 0. The highest BCUT2D eigenvalue weighted by Crippen LogP contribution is 2.25. The average Bonchev–Trinajstić information content (AvgIpc) is 2.17. The van der Waals surface area contributed by atoms with E-state index in [0.29, 0.717) is 11.8 Å². The first kappa shape index (κ1) is 8.31. The third-order valence-electron chi connectivity index (χ3n) is 1.91. The lowest BCUT2D eigenvalue weighted by Crippen LogP contribution is -2.19. The van der Waals surface area contributed by atoms with E-state index in [9.17, 15) is 0 Å². The Morgan fingerprint density at radius 1 is 1.54 bits per heavy atom. The van der Waals surface area contributed by atoms with Crippen LogP contribution in [0.4, 0.5) is 5.69 Å². The number of anilines is 1. The van der Waals surface area contributed by atoms with Crippen molar-refractivity contribution < 1.29 is 9.47 Å². The van der Waals surface area contributed by atoms with Crippen LogP contribution in [0.1, 0.15) is 5.56 Å². The smallest absolute Gasteiger partial charge is 0.261 e. The Morgan fingerprint density at radius 2 is 2.38 bits per heavy atom. The maximum absolute atomic E-state index is 5.17. The number of fused-ring (bicyclic) bond motifs is 1. The number of thiocarbonyl (C=S) groups is 1. The molecule has 0 aliphatic carbocycles. The molecule has 1 aromatic carbocycles. The number of ether oxygens (including phenoxy) is 2. The fraction of sp³-hybridized carbons (Fsp3) is 0.222. The second-order valence-electron chi connectivity index (χ2n) is 2.72. The fourth-order valence-electron chi connectivity index (χ4n) is 1.23. The fourth-order valence-corrected chi connectivity index (χ4v) is 1.40. The van der Waals surface area contributed by atoms with E-state index in [2.05, 4.69) is 5.32 Å². The monoisotopic (exact) mass is 195 g/mol. The molecular formula is C9H9NO2S. The maximum Gasteiger partial charge on any atom is 0.261 e. The quantitative estimate of drug-likeness (QED) is 0.693. The molecule has 0 saturated heterocycles.